The molecule has 0 radical (unpaired) electrons. The zero-order valence-corrected chi connectivity index (χ0v) is 15.7. The van der Waals surface area contributed by atoms with E-state index in [1.165, 1.54) is 17.7 Å². The Morgan fingerprint density at radius 3 is 2.64 bits per heavy atom. The Hall–Kier alpha value is -3.12. The van der Waals surface area contributed by atoms with Crippen molar-refractivity contribution < 1.29 is 18.7 Å². The Labute approximate surface area is 166 Å². The molecule has 0 bridgehead atoms. The first-order valence-corrected chi connectivity index (χ1v) is 9.12. The van der Waals surface area contributed by atoms with Crippen LogP contribution in [0.15, 0.2) is 63.8 Å². The molecule has 3 aromatic rings. The number of nitrogens with one attached hydrogen (secondary N) is 1. The summed E-state index contributed by atoms with van der Waals surface area (Å²) in [7, 11) is 0. The number of benzene rings is 2. The average Bonchev–Trinajstić information content (AvgIpc) is 2.70. The van der Waals surface area contributed by atoms with Gasteiger partial charge in [0, 0.05) is 17.6 Å². The molecule has 1 heterocycles. The van der Waals surface area contributed by atoms with E-state index in [1.807, 2.05) is 30.3 Å². The van der Waals surface area contributed by atoms with Gasteiger partial charge in [-0.25, -0.2) is 4.79 Å². The van der Waals surface area contributed by atoms with Gasteiger partial charge in [-0.2, -0.15) is 0 Å². The first-order valence-electron chi connectivity index (χ1n) is 8.74. The van der Waals surface area contributed by atoms with E-state index in [0.29, 0.717) is 11.6 Å². The minimum atomic E-state index is -0.881. The molecule has 6 nitrogen and oxygen atoms in total. The Balaban J connectivity index is 1.48. The number of halogens is 1. The molecule has 0 aliphatic rings. The number of esters is 1. The minimum Gasteiger partial charge on any atom is -0.450 e. The van der Waals surface area contributed by atoms with Gasteiger partial charge in [-0.05, 0) is 36.6 Å². The number of carbonyl (C=O) groups is 2. The summed E-state index contributed by atoms with van der Waals surface area (Å²) < 4.78 is 10.3. The van der Waals surface area contributed by atoms with Crippen molar-refractivity contribution in [2.24, 2.45) is 0 Å². The van der Waals surface area contributed by atoms with Gasteiger partial charge >= 0.3 is 5.97 Å². The number of rotatable bonds is 7. The lowest BCUT2D eigenvalue weighted by atomic mass is 10.1. The second-order valence-electron chi connectivity index (χ2n) is 6.13. The second-order valence-corrected chi connectivity index (χ2v) is 6.57. The smallest absolute Gasteiger partial charge is 0.374 e. The third kappa shape index (κ3) is 5.20. The largest absolute Gasteiger partial charge is 0.450 e. The Morgan fingerprint density at radius 2 is 1.86 bits per heavy atom. The normalized spacial score (nSPS) is 10.6. The fraction of sp³-hybridized carbons (Fsp3) is 0.190. The summed E-state index contributed by atoms with van der Waals surface area (Å²) in [5.41, 5.74) is 0.992. The van der Waals surface area contributed by atoms with Crippen LogP contribution >= 0.6 is 11.6 Å². The fourth-order valence-corrected chi connectivity index (χ4v) is 2.82. The Kier molecular flexibility index (Phi) is 6.45. The fourth-order valence-electron chi connectivity index (χ4n) is 2.65. The summed E-state index contributed by atoms with van der Waals surface area (Å²) >= 11 is 5.85. The van der Waals surface area contributed by atoms with Crippen LogP contribution in [0.3, 0.4) is 0 Å². The van der Waals surface area contributed by atoms with Gasteiger partial charge in [-0.15, -0.1) is 0 Å². The summed E-state index contributed by atoms with van der Waals surface area (Å²) in [6.45, 7) is 0.0175. The molecule has 0 fully saturated rings. The van der Waals surface area contributed by atoms with Crippen LogP contribution in [0.5, 0.6) is 0 Å². The summed E-state index contributed by atoms with van der Waals surface area (Å²) in [4.78, 5) is 36.0. The van der Waals surface area contributed by atoms with Gasteiger partial charge in [0.2, 0.25) is 5.76 Å². The van der Waals surface area contributed by atoms with Gasteiger partial charge in [-0.1, -0.05) is 41.9 Å². The standard InChI is InChI=1S/C21H18ClNO5/c22-15-8-9-18-16(11-15)17(24)12-19(28-18)21(26)27-13-20(25)23-10-4-7-14-5-2-1-3-6-14/h1-3,5-6,8-9,11-12H,4,7,10,13H2,(H,23,25). The number of carbonyl (C=O) groups excluding carboxylic acids is 2. The van der Waals surface area contributed by atoms with E-state index in [2.05, 4.69) is 5.32 Å². The van der Waals surface area contributed by atoms with Crippen molar-refractivity contribution in [2.75, 3.05) is 13.2 Å². The zero-order valence-electron chi connectivity index (χ0n) is 14.9. The molecule has 1 amide bonds. The summed E-state index contributed by atoms with van der Waals surface area (Å²) in [6.07, 6.45) is 1.61. The van der Waals surface area contributed by atoms with Crippen LogP contribution in [-0.4, -0.2) is 25.0 Å². The molecule has 1 N–H and O–H groups in total. The molecule has 7 heteroatoms. The molecule has 0 atom stereocenters. The van der Waals surface area contributed by atoms with Gasteiger partial charge in [0.25, 0.3) is 5.91 Å². The lowest BCUT2D eigenvalue weighted by Crippen LogP contribution is -2.30. The van der Waals surface area contributed by atoms with Gasteiger partial charge in [0.15, 0.2) is 12.0 Å². The van der Waals surface area contributed by atoms with Crippen molar-refractivity contribution in [3.63, 3.8) is 0 Å². The zero-order chi connectivity index (χ0) is 19.9. The molecule has 0 aliphatic carbocycles. The van der Waals surface area contributed by atoms with Gasteiger partial charge in [-0.3, -0.25) is 9.59 Å². The van der Waals surface area contributed by atoms with Gasteiger partial charge < -0.3 is 14.5 Å². The molecule has 28 heavy (non-hydrogen) atoms. The number of hydrogen-bond donors (Lipinski definition) is 1. The number of fused-ring (bicyclic) bond motifs is 1. The SMILES string of the molecule is O=C(COC(=O)c1cc(=O)c2cc(Cl)ccc2o1)NCCCc1ccccc1. The molecule has 0 spiro atoms. The average molecular weight is 400 g/mol. The predicted octanol–water partition coefficient (Wildman–Crippen LogP) is 3.35. The number of hydrogen-bond acceptors (Lipinski definition) is 5. The van der Waals surface area contributed by atoms with E-state index in [1.54, 1.807) is 6.07 Å². The summed E-state index contributed by atoms with van der Waals surface area (Å²) in [6, 6.07) is 15.5. The molecule has 0 aliphatic heterocycles. The van der Waals surface area contributed by atoms with Crippen LogP contribution in [0.2, 0.25) is 5.02 Å². The molecular formula is C21H18ClNO5. The van der Waals surface area contributed by atoms with Crippen LogP contribution in [0, 0.1) is 0 Å². The molecular weight excluding hydrogens is 382 g/mol. The quantitative estimate of drug-likeness (QED) is 0.486. The number of aryl methyl sites for hydroxylation is 1. The third-order valence-corrected chi connectivity index (χ3v) is 4.27. The Bertz CT molecular complexity index is 1050. The summed E-state index contributed by atoms with van der Waals surface area (Å²) in [5, 5.41) is 3.34. The van der Waals surface area contributed by atoms with Crippen LogP contribution in [0.4, 0.5) is 0 Å². The van der Waals surface area contributed by atoms with E-state index in [9.17, 15) is 14.4 Å². The lowest BCUT2D eigenvalue weighted by Gasteiger charge is -2.07. The maximum atomic E-state index is 12.1. The van der Waals surface area contributed by atoms with Crippen molar-refractivity contribution in [3.05, 3.63) is 81.2 Å². The highest BCUT2D eigenvalue weighted by molar-refractivity contribution is 6.31. The molecule has 0 unspecified atom stereocenters. The van der Waals surface area contributed by atoms with E-state index in [0.717, 1.165) is 18.9 Å². The Morgan fingerprint density at radius 1 is 1.07 bits per heavy atom. The first-order chi connectivity index (χ1) is 13.5. The monoisotopic (exact) mass is 399 g/mol. The molecule has 3 rings (SSSR count). The van der Waals surface area contributed by atoms with Crippen LogP contribution in [0.25, 0.3) is 11.0 Å². The molecule has 0 saturated heterocycles. The van der Waals surface area contributed by atoms with E-state index in [4.69, 9.17) is 20.8 Å². The highest BCUT2D eigenvalue weighted by atomic mass is 35.5. The van der Waals surface area contributed by atoms with Gasteiger partial charge in [0.1, 0.15) is 5.58 Å². The second kappa shape index (κ2) is 9.19. The molecule has 2 aromatic carbocycles. The van der Waals surface area contributed by atoms with Crippen molar-refractivity contribution in [3.8, 4) is 0 Å². The third-order valence-electron chi connectivity index (χ3n) is 4.03. The maximum absolute atomic E-state index is 12.1. The van der Waals surface area contributed by atoms with Crippen molar-refractivity contribution in [2.45, 2.75) is 12.8 Å². The van der Waals surface area contributed by atoms with Crippen molar-refractivity contribution in [1.82, 2.24) is 5.32 Å². The first kappa shape index (κ1) is 19.6. The highest BCUT2D eigenvalue weighted by Gasteiger charge is 2.15. The van der Waals surface area contributed by atoms with E-state index < -0.39 is 23.9 Å². The van der Waals surface area contributed by atoms with Gasteiger partial charge in [0.05, 0.1) is 5.39 Å². The van der Waals surface area contributed by atoms with Crippen LogP contribution < -0.4 is 10.7 Å². The lowest BCUT2D eigenvalue weighted by molar-refractivity contribution is -0.124. The van der Waals surface area contributed by atoms with Crippen molar-refractivity contribution in [1.29, 1.82) is 0 Å². The topological polar surface area (TPSA) is 85.6 Å². The predicted molar refractivity (Wildman–Crippen MR) is 106 cm³/mol. The van der Waals surface area contributed by atoms with E-state index in [-0.39, 0.29) is 16.7 Å². The minimum absolute atomic E-state index is 0.217. The molecule has 1 aromatic heterocycles. The van der Waals surface area contributed by atoms with Crippen molar-refractivity contribution >= 4 is 34.4 Å². The molecule has 144 valence electrons. The number of amides is 1. The highest BCUT2D eigenvalue weighted by Crippen LogP contribution is 2.18. The molecule has 0 saturated carbocycles. The number of ether oxygens (including phenoxy) is 1. The van der Waals surface area contributed by atoms with E-state index >= 15 is 0 Å². The summed E-state index contributed by atoms with van der Waals surface area (Å²) in [5.74, 6) is -1.57. The van der Waals surface area contributed by atoms with Crippen LogP contribution in [0.1, 0.15) is 22.5 Å². The van der Waals surface area contributed by atoms with Crippen LogP contribution in [-0.2, 0) is 16.0 Å². The maximum Gasteiger partial charge on any atom is 0.374 e.